The maximum atomic E-state index is 12.3. The van der Waals surface area contributed by atoms with Crippen LogP contribution in [0.1, 0.15) is 40.5 Å². The predicted molar refractivity (Wildman–Crippen MR) is 70.3 cm³/mol. The Morgan fingerprint density at radius 3 is 2.76 bits per heavy atom. The minimum atomic E-state index is -0.292. The van der Waals surface area contributed by atoms with Crippen LogP contribution in [0.25, 0.3) is 0 Å². The zero-order chi connectivity index (χ0) is 13.1. The van der Waals surface area contributed by atoms with Crippen LogP contribution in [0, 0.1) is 5.92 Å². The molecular formula is C13H24ClNO2. The molecule has 0 aromatic rings. The lowest BCUT2D eigenvalue weighted by atomic mass is 10.0. The van der Waals surface area contributed by atoms with Crippen molar-refractivity contribution in [2.45, 2.75) is 52.2 Å². The molecule has 1 saturated heterocycles. The quantitative estimate of drug-likeness (QED) is 0.729. The second kappa shape index (κ2) is 6.05. The number of alkyl halides is 1. The molecule has 1 heterocycles. The maximum absolute atomic E-state index is 12.3. The van der Waals surface area contributed by atoms with Crippen LogP contribution in [0.3, 0.4) is 0 Å². The zero-order valence-electron chi connectivity index (χ0n) is 11.3. The molecule has 0 aromatic carbocycles. The number of rotatable bonds is 4. The number of carbonyl (C=O) groups excluding carboxylic acids is 1. The van der Waals surface area contributed by atoms with Gasteiger partial charge in [0.2, 0.25) is 5.91 Å². The van der Waals surface area contributed by atoms with E-state index in [-0.39, 0.29) is 23.5 Å². The number of hydrogen-bond donors (Lipinski definition) is 0. The van der Waals surface area contributed by atoms with Gasteiger partial charge in [0.25, 0.3) is 0 Å². The molecule has 0 N–H and O–H groups in total. The average Bonchev–Trinajstić information content (AvgIpc) is 2.26. The summed E-state index contributed by atoms with van der Waals surface area (Å²) in [5.74, 6) is 0.776. The van der Waals surface area contributed by atoms with E-state index in [0.717, 1.165) is 12.8 Å². The van der Waals surface area contributed by atoms with Crippen LogP contribution in [0.2, 0.25) is 0 Å². The molecule has 17 heavy (non-hydrogen) atoms. The van der Waals surface area contributed by atoms with Crippen molar-refractivity contribution in [3.63, 3.8) is 0 Å². The van der Waals surface area contributed by atoms with Crippen molar-refractivity contribution >= 4 is 17.5 Å². The van der Waals surface area contributed by atoms with Gasteiger partial charge in [0.05, 0.1) is 17.6 Å². The summed E-state index contributed by atoms with van der Waals surface area (Å²) in [6.07, 6.45) is 1.94. The maximum Gasteiger partial charge on any atom is 0.225 e. The van der Waals surface area contributed by atoms with Crippen molar-refractivity contribution in [3.05, 3.63) is 0 Å². The van der Waals surface area contributed by atoms with E-state index in [1.54, 1.807) is 0 Å². The summed E-state index contributed by atoms with van der Waals surface area (Å²) in [6, 6.07) is 0. The first-order chi connectivity index (χ1) is 7.89. The van der Waals surface area contributed by atoms with E-state index in [1.165, 1.54) is 0 Å². The van der Waals surface area contributed by atoms with Gasteiger partial charge in [0.1, 0.15) is 0 Å². The molecule has 0 bridgehead atoms. The molecule has 0 radical (unpaired) electrons. The van der Waals surface area contributed by atoms with Crippen molar-refractivity contribution in [2.75, 3.05) is 19.0 Å². The van der Waals surface area contributed by atoms with Gasteiger partial charge in [0.15, 0.2) is 0 Å². The van der Waals surface area contributed by atoms with Gasteiger partial charge in [-0.05, 0) is 20.3 Å². The Hall–Kier alpha value is -0.280. The van der Waals surface area contributed by atoms with Crippen LogP contribution in [-0.4, -0.2) is 41.5 Å². The molecule has 0 aliphatic carbocycles. The van der Waals surface area contributed by atoms with E-state index in [1.807, 2.05) is 25.7 Å². The summed E-state index contributed by atoms with van der Waals surface area (Å²) in [4.78, 5) is 14.2. The summed E-state index contributed by atoms with van der Waals surface area (Å²) in [7, 11) is 0. The first-order valence-electron chi connectivity index (χ1n) is 6.42. The van der Waals surface area contributed by atoms with Crippen LogP contribution < -0.4 is 0 Å². The molecule has 0 spiro atoms. The van der Waals surface area contributed by atoms with Gasteiger partial charge in [-0.2, -0.15) is 0 Å². The smallest absolute Gasteiger partial charge is 0.225 e. The van der Waals surface area contributed by atoms with E-state index in [2.05, 4.69) is 6.92 Å². The third-order valence-corrected chi connectivity index (χ3v) is 3.45. The van der Waals surface area contributed by atoms with Crippen molar-refractivity contribution < 1.29 is 9.53 Å². The topological polar surface area (TPSA) is 29.5 Å². The van der Waals surface area contributed by atoms with Crippen LogP contribution in [-0.2, 0) is 9.53 Å². The third-order valence-electron chi connectivity index (χ3n) is 3.11. The van der Waals surface area contributed by atoms with Gasteiger partial charge in [-0.1, -0.05) is 20.3 Å². The number of halogens is 1. The number of carbonyl (C=O) groups is 1. The summed E-state index contributed by atoms with van der Waals surface area (Å²) in [5.41, 5.74) is -0.292. The van der Waals surface area contributed by atoms with Crippen LogP contribution in [0.5, 0.6) is 0 Å². The van der Waals surface area contributed by atoms with Gasteiger partial charge < -0.3 is 9.64 Å². The Labute approximate surface area is 109 Å². The Kier molecular flexibility index (Phi) is 5.26. The fourth-order valence-electron chi connectivity index (χ4n) is 2.41. The highest BCUT2D eigenvalue weighted by molar-refractivity contribution is 6.18. The fraction of sp³-hybridized carbons (Fsp3) is 0.923. The summed E-state index contributed by atoms with van der Waals surface area (Å²) in [5, 5.41) is 0. The first kappa shape index (κ1) is 14.8. The van der Waals surface area contributed by atoms with E-state index >= 15 is 0 Å². The highest BCUT2D eigenvalue weighted by Crippen LogP contribution is 2.23. The zero-order valence-corrected chi connectivity index (χ0v) is 12.1. The lowest BCUT2D eigenvalue weighted by Gasteiger charge is -2.43. The van der Waals surface area contributed by atoms with Gasteiger partial charge in [-0.3, -0.25) is 4.79 Å². The number of morpholine rings is 1. The van der Waals surface area contributed by atoms with Crippen molar-refractivity contribution in [1.29, 1.82) is 0 Å². The van der Waals surface area contributed by atoms with Gasteiger partial charge in [0, 0.05) is 19.0 Å². The van der Waals surface area contributed by atoms with Crippen molar-refractivity contribution in [2.24, 2.45) is 5.92 Å². The molecule has 0 saturated carbocycles. The summed E-state index contributed by atoms with van der Waals surface area (Å²) < 4.78 is 5.82. The highest BCUT2D eigenvalue weighted by atomic mass is 35.5. The summed E-state index contributed by atoms with van der Waals surface area (Å²) in [6.45, 7) is 9.42. The predicted octanol–water partition coefficient (Wildman–Crippen LogP) is 2.67. The van der Waals surface area contributed by atoms with Gasteiger partial charge in [-0.15, -0.1) is 11.6 Å². The Balaban J connectivity index is 2.66. The molecule has 1 rings (SSSR count). The third kappa shape index (κ3) is 4.14. The highest BCUT2D eigenvalue weighted by Gasteiger charge is 2.36. The molecule has 1 aliphatic rings. The van der Waals surface area contributed by atoms with Crippen molar-refractivity contribution in [1.82, 2.24) is 4.90 Å². The Morgan fingerprint density at radius 1 is 1.59 bits per heavy atom. The number of nitrogens with zero attached hydrogens (tertiary/aromatic N) is 1. The van der Waals surface area contributed by atoms with E-state index < -0.39 is 0 Å². The molecule has 2 unspecified atom stereocenters. The van der Waals surface area contributed by atoms with Crippen molar-refractivity contribution in [3.8, 4) is 0 Å². The number of hydrogen-bond acceptors (Lipinski definition) is 2. The minimum absolute atomic E-state index is 0.0433. The molecule has 3 nitrogen and oxygen atoms in total. The average molecular weight is 262 g/mol. The second-order valence-electron chi connectivity index (χ2n) is 5.56. The monoisotopic (exact) mass is 261 g/mol. The first-order valence-corrected chi connectivity index (χ1v) is 6.95. The van der Waals surface area contributed by atoms with Crippen LogP contribution >= 0.6 is 11.6 Å². The van der Waals surface area contributed by atoms with E-state index in [9.17, 15) is 4.79 Å². The standard InChI is InChI=1S/C13H24ClNO2/c1-5-6-10(2)12(16)15-8-11(7-14)17-13(3,4)9-15/h10-11H,5-9H2,1-4H3. The van der Waals surface area contributed by atoms with Crippen LogP contribution in [0.4, 0.5) is 0 Å². The molecule has 0 aromatic heterocycles. The molecule has 1 aliphatic heterocycles. The normalized spacial score (nSPS) is 25.7. The van der Waals surface area contributed by atoms with Gasteiger partial charge >= 0.3 is 0 Å². The molecule has 1 fully saturated rings. The Bertz CT molecular complexity index is 268. The van der Waals surface area contributed by atoms with E-state index in [0.29, 0.717) is 19.0 Å². The molecule has 2 atom stereocenters. The molecular weight excluding hydrogens is 238 g/mol. The lowest BCUT2D eigenvalue weighted by Crippen LogP contribution is -2.56. The molecule has 1 amide bonds. The fourth-order valence-corrected chi connectivity index (χ4v) is 2.57. The largest absolute Gasteiger partial charge is 0.367 e. The molecule has 100 valence electrons. The lowest BCUT2D eigenvalue weighted by molar-refractivity contribution is -0.160. The number of amides is 1. The van der Waals surface area contributed by atoms with Crippen LogP contribution in [0.15, 0.2) is 0 Å². The van der Waals surface area contributed by atoms with Gasteiger partial charge in [-0.25, -0.2) is 0 Å². The van der Waals surface area contributed by atoms with E-state index in [4.69, 9.17) is 16.3 Å². The summed E-state index contributed by atoms with van der Waals surface area (Å²) >= 11 is 5.86. The number of ether oxygens (including phenoxy) is 1. The Morgan fingerprint density at radius 2 is 2.24 bits per heavy atom. The SMILES string of the molecule is CCCC(C)C(=O)N1CC(CCl)OC(C)(C)C1. The minimum Gasteiger partial charge on any atom is -0.367 e. The second-order valence-corrected chi connectivity index (χ2v) is 5.87. The molecule has 4 heteroatoms.